The zero-order chi connectivity index (χ0) is 17.1. The monoisotopic (exact) mass is 357 g/mol. The van der Waals surface area contributed by atoms with Crippen molar-refractivity contribution < 1.29 is 9.21 Å². The molecule has 0 atom stereocenters. The molecule has 1 amide bonds. The van der Waals surface area contributed by atoms with E-state index in [1.165, 1.54) is 23.0 Å². The van der Waals surface area contributed by atoms with Crippen LogP contribution in [0.5, 0.6) is 0 Å². The number of aryl methyl sites for hydroxylation is 2. The summed E-state index contributed by atoms with van der Waals surface area (Å²) in [6.45, 7) is 4.08. The lowest BCUT2D eigenvalue weighted by Crippen LogP contribution is -2.32. The lowest BCUT2D eigenvalue weighted by atomic mass is 10.1. The number of hydrogen-bond acceptors (Lipinski definition) is 5. The third-order valence-corrected chi connectivity index (χ3v) is 4.35. The Kier molecular flexibility index (Phi) is 4.73. The van der Waals surface area contributed by atoms with Crippen molar-refractivity contribution in [2.75, 3.05) is 5.32 Å². The maximum absolute atomic E-state index is 11.8. The fourth-order valence-electron chi connectivity index (χ4n) is 2.25. The van der Waals surface area contributed by atoms with Gasteiger partial charge in [-0.25, -0.2) is 4.98 Å². The first kappa shape index (κ1) is 16.4. The Bertz CT molecular complexity index is 927. The SMILES string of the molecule is Cc1cc(C)c2nc(NC(=S)NC(=O)/C=C/c3ccco3)sc2c1. The first-order valence-electron chi connectivity index (χ1n) is 7.22. The average molecular weight is 357 g/mol. The van der Waals surface area contributed by atoms with Gasteiger partial charge < -0.3 is 9.73 Å². The number of thiocarbonyl (C=S) groups is 1. The van der Waals surface area contributed by atoms with Crippen LogP contribution in [-0.2, 0) is 4.79 Å². The van der Waals surface area contributed by atoms with Gasteiger partial charge in [0.1, 0.15) is 5.76 Å². The lowest BCUT2D eigenvalue weighted by Gasteiger charge is -2.04. The summed E-state index contributed by atoms with van der Waals surface area (Å²) in [5.74, 6) is 0.262. The Labute approximate surface area is 148 Å². The molecule has 1 aromatic carbocycles. The molecule has 0 aliphatic rings. The van der Waals surface area contributed by atoms with E-state index in [2.05, 4.69) is 34.7 Å². The molecule has 0 spiro atoms. The summed E-state index contributed by atoms with van der Waals surface area (Å²) < 4.78 is 6.20. The number of carbonyl (C=O) groups excluding carboxylic acids is 1. The summed E-state index contributed by atoms with van der Waals surface area (Å²) >= 11 is 6.65. The molecule has 0 aliphatic carbocycles. The molecule has 0 fully saturated rings. The molecule has 2 aromatic heterocycles. The Morgan fingerprint density at radius 2 is 2.21 bits per heavy atom. The van der Waals surface area contributed by atoms with Crippen molar-refractivity contribution in [1.82, 2.24) is 10.3 Å². The summed E-state index contributed by atoms with van der Waals surface area (Å²) in [4.78, 5) is 16.3. The van der Waals surface area contributed by atoms with Crippen molar-refractivity contribution >= 4 is 56.0 Å². The molecule has 3 rings (SSSR count). The Balaban J connectivity index is 1.64. The van der Waals surface area contributed by atoms with Crippen molar-refractivity contribution in [3.63, 3.8) is 0 Å². The van der Waals surface area contributed by atoms with Crippen LogP contribution in [-0.4, -0.2) is 16.0 Å². The van der Waals surface area contributed by atoms with E-state index in [0.29, 0.717) is 10.9 Å². The number of anilines is 1. The number of furan rings is 1. The second kappa shape index (κ2) is 6.94. The van der Waals surface area contributed by atoms with Crippen LogP contribution in [0.4, 0.5) is 5.13 Å². The standard InChI is InChI=1S/C17H15N3O2S2/c1-10-8-11(2)15-13(9-10)24-17(19-15)20-16(23)18-14(21)6-5-12-4-3-7-22-12/h3-9H,1-2H3,(H2,18,19,20,21,23)/b6-5+. The highest BCUT2D eigenvalue weighted by molar-refractivity contribution is 7.80. The fraction of sp³-hybridized carbons (Fsp3) is 0.118. The highest BCUT2D eigenvalue weighted by Gasteiger charge is 2.09. The fourth-order valence-corrected chi connectivity index (χ4v) is 3.56. The van der Waals surface area contributed by atoms with Crippen LogP contribution < -0.4 is 10.6 Å². The van der Waals surface area contributed by atoms with Crippen molar-refractivity contribution in [2.24, 2.45) is 0 Å². The predicted molar refractivity (Wildman–Crippen MR) is 101 cm³/mol. The smallest absolute Gasteiger partial charge is 0.250 e. The molecule has 7 heteroatoms. The number of amides is 1. The molecule has 0 radical (unpaired) electrons. The Morgan fingerprint density at radius 1 is 1.38 bits per heavy atom. The van der Waals surface area contributed by atoms with Gasteiger partial charge >= 0.3 is 0 Å². The first-order valence-corrected chi connectivity index (χ1v) is 8.45. The van der Waals surface area contributed by atoms with Gasteiger partial charge in [0.15, 0.2) is 10.2 Å². The van der Waals surface area contributed by atoms with E-state index in [4.69, 9.17) is 16.6 Å². The van der Waals surface area contributed by atoms with Crippen LogP contribution in [0.1, 0.15) is 16.9 Å². The number of carbonyl (C=O) groups is 1. The average Bonchev–Trinajstić information content (AvgIpc) is 3.14. The van der Waals surface area contributed by atoms with Gasteiger partial charge in [0.2, 0.25) is 5.91 Å². The molecule has 2 N–H and O–H groups in total. The van der Waals surface area contributed by atoms with E-state index in [0.717, 1.165) is 15.8 Å². The summed E-state index contributed by atoms with van der Waals surface area (Å²) in [7, 11) is 0. The number of rotatable bonds is 3. The van der Waals surface area contributed by atoms with Crippen LogP contribution in [0.2, 0.25) is 0 Å². The zero-order valence-electron chi connectivity index (χ0n) is 13.1. The minimum Gasteiger partial charge on any atom is -0.465 e. The molecule has 122 valence electrons. The second-order valence-electron chi connectivity index (χ2n) is 5.24. The van der Waals surface area contributed by atoms with Gasteiger partial charge in [0, 0.05) is 6.08 Å². The van der Waals surface area contributed by atoms with Crippen molar-refractivity contribution in [2.45, 2.75) is 13.8 Å². The number of nitrogens with one attached hydrogen (secondary N) is 2. The van der Waals surface area contributed by atoms with Gasteiger partial charge in [-0.05, 0) is 61.5 Å². The molecule has 0 unspecified atom stereocenters. The normalized spacial score (nSPS) is 11.1. The topological polar surface area (TPSA) is 67.2 Å². The van der Waals surface area contributed by atoms with Gasteiger partial charge in [-0.15, -0.1) is 0 Å². The minimum atomic E-state index is -0.336. The highest BCUT2D eigenvalue weighted by atomic mass is 32.1. The van der Waals surface area contributed by atoms with Crippen LogP contribution in [0.15, 0.2) is 41.0 Å². The first-order chi connectivity index (χ1) is 11.5. The minimum absolute atomic E-state index is 0.206. The number of aromatic nitrogens is 1. The molecule has 0 bridgehead atoms. The number of fused-ring (bicyclic) bond motifs is 1. The van der Waals surface area contributed by atoms with Crippen molar-refractivity contribution in [1.29, 1.82) is 0 Å². The van der Waals surface area contributed by atoms with Crippen LogP contribution >= 0.6 is 23.6 Å². The molecule has 3 aromatic rings. The summed E-state index contributed by atoms with van der Waals surface area (Å²) in [5.41, 5.74) is 3.25. The Hall–Kier alpha value is -2.51. The van der Waals surface area contributed by atoms with Crippen LogP contribution in [0, 0.1) is 13.8 Å². The maximum Gasteiger partial charge on any atom is 0.250 e. The van der Waals surface area contributed by atoms with Gasteiger partial charge in [-0.3, -0.25) is 10.1 Å². The molecule has 5 nitrogen and oxygen atoms in total. The van der Waals surface area contributed by atoms with E-state index in [1.807, 2.05) is 6.92 Å². The molecule has 2 heterocycles. The van der Waals surface area contributed by atoms with Gasteiger partial charge in [-0.2, -0.15) is 0 Å². The Morgan fingerprint density at radius 3 is 2.96 bits per heavy atom. The third-order valence-electron chi connectivity index (χ3n) is 3.23. The van der Waals surface area contributed by atoms with Gasteiger partial charge in [0.05, 0.1) is 16.5 Å². The number of benzene rings is 1. The predicted octanol–water partition coefficient (Wildman–Crippen LogP) is 4.03. The van der Waals surface area contributed by atoms with Gasteiger partial charge in [0.25, 0.3) is 0 Å². The zero-order valence-corrected chi connectivity index (χ0v) is 14.8. The maximum atomic E-state index is 11.8. The van der Waals surface area contributed by atoms with Gasteiger partial charge in [-0.1, -0.05) is 17.4 Å². The molecular formula is C17H15N3O2S2. The molecule has 0 saturated carbocycles. The highest BCUT2D eigenvalue weighted by Crippen LogP contribution is 2.29. The summed E-state index contributed by atoms with van der Waals surface area (Å²) in [6, 6.07) is 7.68. The largest absolute Gasteiger partial charge is 0.465 e. The van der Waals surface area contributed by atoms with Crippen molar-refractivity contribution in [3.8, 4) is 0 Å². The molecule has 24 heavy (non-hydrogen) atoms. The quantitative estimate of drug-likeness (QED) is 0.547. The molecule has 0 saturated heterocycles. The van der Waals surface area contributed by atoms with Crippen LogP contribution in [0.25, 0.3) is 16.3 Å². The lowest BCUT2D eigenvalue weighted by molar-refractivity contribution is -0.115. The summed E-state index contributed by atoms with van der Waals surface area (Å²) in [6.07, 6.45) is 4.47. The number of nitrogens with zero attached hydrogens (tertiary/aromatic N) is 1. The van der Waals surface area contributed by atoms with E-state index in [9.17, 15) is 4.79 Å². The number of thiazole rings is 1. The molecular weight excluding hydrogens is 342 g/mol. The second-order valence-corrected chi connectivity index (χ2v) is 6.68. The summed E-state index contributed by atoms with van der Waals surface area (Å²) in [5, 5.41) is 6.39. The van der Waals surface area contributed by atoms with E-state index in [1.54, 1.807) is 24.5 Å². The van der Waals surface area contributed by atoms with E-state index >= 15 is 0 Å². The van der Waals surface area contributed by atoms with Crippen molar-refractivity contribution in [3.05, 3.63) is 53.5 Å². The van der Waals surface area contributed by atoms with Crippen LogP contribution in [0.3, 0.4) is 0 Å². The van der Waals surface area contributed by atoms with E-state index < -0.39 is 0 Å². The van der Waals surface area contributed by atoms with E-state index in [-0.39, 0.29) is 11.0 Å². The third kappa shape index (κ3) is 3.87. The number of hydrogen-bond donors (Lipinski definition) is 2. The molecule has 0 aliphatic heterocycles.